The SMILES string of the molecule is Cc1ccc(CO)cc1N(Cc1ccccc1C#N)c1nc(Nc2ccc(N3CCN(CCOCCOCCOCCOCCNc4cccc5c4C(=O)N(C4CCC(=O)NC4=O)C5=O)CC3)c(S(C)(=O)=O)c2)ncc1F. The van der Waals surface area contributed by atoms with Gasteiger partial charge in [-0.15, -0.1) is 0 Å². The van der Waals surface area contributed by atoms with Crippen LogP contribution in [0.3, 0.4) is 0 Å². The van der Waals surface area contributed by atoms with Gasteiger partial charge < -0.3 is 44.5 Å². The van der Waals surface area contributed by atoms with Gasteiger partial charge in [-0.1, -0.05) is 36.4 Å². The highest BCUT2D eigenvalue weighted by Gasteiger charge is 2.45. The Hall–Kier alpha value is -7.43. The van der Waals surface area contributed by atoms with Gasteiger partial charge >= 0.3 is 0 Å². The number of nitrogens with zero attached hydrogens (tertiary/aromatic N) is 7. The van der Waals surface area contributed by atoms with Gasteiger partial charge in [0.1, 0.15) is 6.04 Å². The normalized spacial score (nSPS) is 15.9. The molecule has 4 heterocycles. The maximum Gasteiger partial charge on any atom is 0.264 e. The molecule has 77 heavy (non-hydrogen) atoms. The highest BCUT2D eigenvalue weighted by Crippen LogP contribution is 2.36. The molecule has 5 aromatic rings. The second-order valence-electron chi connectivity index (χ2n) is 18.5. The van der Waals surface area contributed by atoms with E-state index in [0.29, 0.717) is 132 Å². The Balaban J connectivity index is 0.723. The van der Waals surface area contributed by atoms with E-state index < -0.39 is 45.3 Å². The first-order valence-electron chi connectivity index (χ1n) is 25.2. The smallest absolute Gasteiger partial charge is 0.264 e. The van der Waals surface area contributed by atoms with Gasteiger partial charge in [0.15, 0.2) is 21.5 Å². The Morgan fingerprint density at radius 3 is 2.29 bits per heavy atom. The highest BCUT2D eigenvalue weighted by atomic mass is 32.2. The van der Waals surface area contributed by atoms with Gasteiger partial charge in [-0.25, -0.2) is 17.8 Å². The molecule has 406 valence electrons. The number of amides is 4. The maximum absolute atomic E-state index is 15.8. The second kappa shape index (κ2) is 26.1. The molecular formula is C54H61FN10O11S. The van der Waals surface area contributed by atoms with E-state index >= 15 is 4.39 Å². The number of nitriles is 1. The van der Waals surface area contributed by atoms with Crippen LogP contribution in [0, 0.1) is 24.1 Å². The van der Waals surface area contributed by atoms with Gasteiger partial charge in [0.2, 0.25) is 17.8 Å². The fourth-order valence-electron chi connectivity index (χ4n) is 9.23. The molecule has 1 atom stereocenters. The number of aliphatic hydroxyl groups is 1. The minimum absolute atomic E-state index is 0.0154. The zero-order chi connectivity index (χ0) is 54.5. The van der Waals surface area contributed by atoms with Crippen LogP contribution < -0.4 is 25.8 Å². The lowest BCUT2D eigenvalue weighted by Gasteiger charge is -2.36. The number of piperidine rings is 1. The van der Waals surface area contributed by atoms with E-state index in [2.05, 4.69) is 36.9 Å². The van der Waals surface area contributed by atoms with Gasteiger partial charge in [-0.3, -0.25) is 34.3 Å². The molecule has 0 aliphatic carbocycles. The zero-order valence-corrected chi connectivity index (χ0v) is 43.7. The number of ether oxygens (including phenoxy) is 4. The lowest BCUT2D eigenvalue weighted by Crippen LogP contribution is -2.54. The summed E-state index contributed by atoms with van der Waals surface area (Å²) >= 11 is 0. The summed E-state index contributed by atoms with van der Waals surface area (Å²) in [5.41, 5.74) is 4.78. The average Bonchev–Trinajstić information content (AvgIpc) is 3.71. The average molecular weight is 1080 g/mol. The van der Waals surface area contributed by atoms with Crippen molar-refractivity contribution in [3.8, 4) is 6.07 Å². The summed E-state index contributed by atoms with van der Waals surface area (Å²) < 4.78 is 65.0. The Kier molecular flexibility index (Phi) is 18.9. The topological polar surface area (TPSA) is 258 Å². The van der Waals surface area contributed by atoms with E-state index in [0.717, 1.165) is 22.9 Å². The molecule has 2 fully saturated rings. The number of carbonyl (C=O) groups is 4. The van der Waals surface area contributed by atoms with E-state index in [9.17, 15) is 38.0 Å². The first kappa shape index (κ1) is 55.8. The highest BCUT2D eigenvalue weighted by molar-refractivity contribution is 7.90. The van der Waals surface area contributed by atoms with Crippen LogP contribution in [-0.4, -0.2) is 161 Å². The van der Waals surface area contributed by atoms with Gasteiger partial charge in [0.25, 0.3) is 11.8 Å². The number of imide groups is 2. The van der Waals surface area contributed by atoms with Crippen molar-refractivity contribution < 1.29 is 56.0 Å². The van der Waals surface area contributed by atoms with Crippen LogP contribution in [-0.2, 0) is 51.5 Å². The molecule has 21 nitrogen and oxygen atoms in total. The number of hydrogen-bond acceptors (Lipinski definition) is 19. The summed E-state index contributed by atoms with van der Waals surface area (Å²) in [6.45, 7) is 8.32. The van der Waals surface area contributed by atoms with Crippen molar-refractivity contribution in [3.05, 3.63) is 124 Å². The number of nitrogens with one attached hydrogen (secondary N) is 3. The van der Waals surface area contributed by atoms with Crippen LogP contribution in [0.25, 0.3) is 0 Å². The molecule has 0 radical (unpaired) electrons. The Bertz CT molecular complexity index is 3120. The summed E-state index contributed by atoms with van der Waals surface area (Å²) in [6.07, 6.45) is 2.32. The minimum Gasteiger partial charge on any atom is -0.392 e. The van der Waals surface area contributed by atoms with Gasteiger partial charge in [0, 0.05) is 69.0 Å². The summed E-state index contributed by atoms with van der Waals surface area (Å²) in [4.78, 5) is 66.0. The largest absolute Gasteiger partial charge is 0.392 e. The third-order valence-electron chi connectivity index (χ3n) is 13.2. The van der Waals surface area contributed by atoms with E-state index in [4.69, 9.17) is 18.9 Å². The number of rotatable bonds is 26. The number of benzene rings is 4. The molecule has 4 N–H and O–H groups in total. The summed E-state index contributed by atoms with van der Waals surface area (Å²) in [5, 5.41) is 28.2. The molecule has 4 amide bonds. The number of fused-ring (bicyclic) bond motifs is 1. The first-order valence-corrected chi connectivity index (χ1v) is 27.1. The van der Waals surface area contributed by atoms with Crippen molar-refractivity contribution in [2.45, 2.75) is 43.9 Å². The summed E-state index contributed by atoms with van der Waals surface area (Å²) in [6, 6.07) is 23.4. The molecule has 8 rings (SSSR count). The molecule has 1 unspecified atom stereocenters. The number of piperazine rings is 1. The number of sulfone groups is 1. The molecule has 0 spiro atoms. The number of halogens is 1. The number of carbonyl (C=O) groups excluding carboxylic acids is 4. The molecule has 3 aliphatic heterocycles. The third kappa shape index (κ3) is 14.0. The van der Waals surface area contributed by atoms with Crippen LogP contribution in [0.4, 0.5) is 38.9 Å². The summed E-state index contributed by atoms with van der Waals surface area (Å²) in [7, 11) is -3.71. The van der Waals surface area contributed by atoms with Gasteiger partial charge in [-0.05, 0) is 72.5 Å². The van der Waals surface area contributed by atoms with E-state index in [1.54, 1.807) is 71.6 Å². The van der Waals surface area contributed by atoms with Gasteiger partial charge in [0.05, 0.1) is 106 Å². The lowest BCUT2D eigenvalue weighted by atomic mass is 10.0. The van der Waals surface area contributed by atoms with Crippen molar-refractivity contribution in [3.63, 3.8) is 0 Å². The van der Waals surface area contributed by atoms with Crippen molar-refractivity contribution in [1.82, 2.24) is 25.1 Å². The van der Waals surface area contributed by atoms with Crippen LogP contribution in [0.1, 0.15) is 55.8 Å². The second-order valence-corrected chi connectivity index (χ2v) is 20.4. The zero-order valence-electron chi connectivity index (χ0n) is 42.8. The quantitative estimate of drug-likeness (QED) is 0.0440. The standard InChI is InChI=1S/C54H61FN10O11S/c1-36-10-11-37(35-66)30-46(36)64(34-39-7-4-3-6-38(39)32-56)50-42(55)33-58-54(61-50)59-40-12-13-44(47(31-40)77(2,71)72)63-19-17-62(18-20-63)21-23-74-25-27-76-29-28-75-26-24-73-22-16-57-43-9-5-8-41-49(43)53(70)65(52(41)69)45-14-15-48(67)60-51(45)68/h3-13,30-31,33,45,57,66H,14-29,34-35H2,1-2H3,(H,58,59,61)(H,60,67,68). The fourth-order valence-corrected chi connectivity index (χ4v) is 10.1. The predicted octanol–water partition coefficient (Wildman–Crippen LogP) is 4.48. The number of anilines is 6. The number of hydrogen-bond donors (Lipinski definition) is 4. The molecule has 0 bridgehead atoms. The number of aromatic nitrogens is 2. The molecule has 0 saturated carbocycles. The van der Waals surface area contributed by atoms with Crippen molar-refractivity contribution in [1.29, 1.82) is 5.26 Å². The molecule has 1 aromatic heterocycles. The first-order chi connectivity index (χ1) is 37.2. The van der Waals surface area contributed by atoms with E-state index in [1.165, 1.54) is 6.07 Å². The minimum atomic E-state index is -3.71. The number of aryl methyl sites for hydroxylation is 1. The van der Waals surface area contributed by atoms with Crippen LogP contribution >= 0.6 is 0 Å². The van der Waals surface area contributed by atoms with Crippen LogP contribution in [0.15, 0.2) is 90.0 Å². The number of aliphatic hydroxyl groups excluding tert-OH is 1. The fraction of sp³-hybridized carbons (Fsp3) is 0.389. The van der Waals surface area contributed by atoms with Crippen LogP contribution in [0.5, 0.6) is 0 Å². The third-order valence-corrected chi connectivity index (χ3v) is 14.3. The molecular weight excluding hydrogens is 1020 g/mol. The van der Waals surface area contributed by atoms with Crippen LogP contribution in [0.2, 0.25) is 0 Å². The van der Waals surface area contributed by atoms with E-state index in [-0.39, 0.29) is 53.8 Å². The monoisotopic (exact) mass is 1080 g/mol. The van der Waals surface area contributed by atoms with Crippen molar-refractivity contribution in [2.24, 2.45) is 0 Å². The van der Waals surface area contributed by atoms with Gasteiger partial charge in [-0.2, -0.15) is 10.2 Å². The van der Waals surface area contributed by atoms with E-state index in [1.807, 2.05) is 17.9 Å². The molecule has 2 saturated heterocycles. The van der Waals surface area contributed by atoms with Crippen molar-refractivity contribution in [2.75, 3.05) is 119 Å². The Labute approximate surface area is 445 Å². The molecule has 3 aliphatic rings. The summed E-state index contributed by atoms with van der Waals surface area (Å²) in [5.74, 6) is -3.04. The maximum atomic E-state index is 15.8. The molecule has 4 aromatic carbocycles. The lowest BCUT2D eigenvalue weighted by molar-refractivity contribution is -0.136. The Morgan fingerprint density at radius 1 is 0.870 bits per heavy atom. The van der Waals surface area contributed by atoms with Crippen molar-refractivity contribution >= 4 is 68.0 Å². The molecule has 23 heteroatoms. The predicted molar refractivity (Wildman–Crippen MR) is 282 cm³/mol. The Morgan fingerprint density at radius 2 is 1.58 bits per heavy atom.